The number of nitrogens with zero attached hydrogens (tertiary/aromatic N) is 3. The van der Waals surface area contributed by atoms with Gasteiger partial charge < -0.3 is 5.32 Å². The van der Waals surface area contributed by atoms with Crippen molar-refractivity contribution in [2.45, 2.75) is 11.7 Å². The standard InChI is InChI=1S/C14H17FN6O5S2/c15-7-9-2-1-3-10(6-9)18-13(19-23)12-14(21-26-20-12)27-5-4-17-11(22)8-28(16,24)25/h1-3,6,23H,4-5,7-8H2,(H,17,22)(H,18,19)(H2,16,24,25). The van der Waals surface area contributed by atoms with Crippen molar-refractivity contribution >= 4 is 39.2 Å². The number of aromatic nitrogens is 2. The Balaban J connectivity index is 2.01. The summed E-state index contributed by atoms with van der Waals surface area (Å²) in [7, 11) is -3.89. The molecule has 0 spiro atoms. The van der Waals surface area contributed by atoms with Crippen LogP contribution in [0.2, 0.25) is 0 Å². The average molecular weight is 432 g/mol. The van der Waals surface area contributed by atoms with Crippen LogP contribution >= 0.6 is 11.8 Å². The molecular weight excluding hydrogens is 415 g/mol. The Morgan fingerprint density at radius 1 is 1.39 bits per heavy atom. The summed E-state index contributed by atoms with van der Waals surface area (Å²) in [6.07, 6.45) is 0. The molecule has 0 fully saturated rings. The molecule has 2 rings (SSSR count). The predicted octanol–water partition coefficient (Wildman–Crippen LogP) is 0.0930. The van der Waals surface area contributed by atoms with Crippen LogP contribution in [0, 0.1) is 0 Å². The van der Waals surface area contributed by atoms with E-state index in [2.05, 4.69) is 25.3 Å². The molecule has 2 aromatic rings. The third kappa shape index (κ3) is 6.88. The molecule has 5 N–H and O–H groups in total. The summed E-state index contributed by atoms with van der Waals surface area (Å²) >= 11 is 1.12. The van der Waals surface area contributed by atoms with Gasteiger partial charge in [-0.25, -0.2) is 27.6 Å². The Morgan fingerprint density at radius 3 is 2.86 bits per heavy atom. The van der Waals surface area contributed by atoms with Crippen LogP contribution in [0.1, 0.15) is 11.3 Å². The van der Waals surface area contributed by atoms with Crippen molar-refractivity contribution < 1.29 is 27.4 Å². The van der Waals surface area contributed by atoms with E-state index in [0.717, 1.165) is 11.8 Å². The zero-order chi connectivity index (χ0) is 20.6. The first kappa shape index (κ1) is 21.7. The van der Waals surface area contributed by atoms with Gasteiger partial charge in [0.25, 0.3) is 0 Å². The highest BCUT2D eigenvalue weighted by molar-refractivity contribution is 7.99. The molecule has 0 bridgehead atoms. The van der Waals surface area contributed by atoms with E-state index in [1.54, 1.807) is 18.2 Å². The van der Waals surface area contributed by atoms with Crippen molar-refractivity contribution in [3.63, 3.8) is 0 Å². The van der Waals surface area contributed by atoms with Gasteiger partial charge in [-0.15, -0.1) is 0 Å². The molecule has 1 aromatic carbocycles. The van der Waals surface area contributed by atoms with Gasteiger partial charge in [-0.1, -0.05) is 23.9 Å². The number of primary sulfonamides is 1. The summed E-state index contributed by atoms with van der Waals surface area (Å²) in [6, 6.07) is 6.31. The van der Waals surface area contributed by atoms with Crippen LogP contribution in [0.25, 0.3) is 0 Å². The van der Waals surface area contributed by atoms with Gasteiger partial charge in [-0.3, -0.25) is 15.5 Å². The van der Waals surface area contributed by atoms with E-state index in [4.69, 9.17) is 5.14 Å². The summed E-state index contributed by atoms with van der Waals surface area (Å²) in [5.41, 5.74) is 2.79. The van der Waals surface area contributed by atoms with Gasteiger partial charge in [-0.05, 0) is 28.0 Å². The lowest BCUT2D eigenvalue weighted by molar-refractivity contribution is -0.118. The molecule has 0 saturated carbocycles. The number of amides is 1. The van der Waals surface area contributed by atoms with Gasteiger partial charge in [0.15, 0.2) is 16.6 Å². The molecule has 0 aliphatic heterocycles. The van der Waals surface area contributed by atoms with Crippen LogP contribution in [0.4, 0.5) is 10.1 Å². The molecule has 0 unspecified atom stereocenters. The number of halogens is 1. The summed E-state index contributed by atoms with van der Waals surface area (Å²) < 4.78 is 39.1. The fourth-order valence-corrected chi connectivity index (χ4v) is 3.18. The maximum Gasteiger partial charge on any atom is 0.236 e. The fraction of sp³-hybridized carbons (Fsp3) is 0.286. The number of hydrogen-bond acceptors (Lipinski definition) is 9. The smallest absolute Gasteiger partial charge is 0.236 e. The highest BCUT2D eigenvalue weighted by atomic mass is 32.2. The van der Waals surface area contributed by atoms with Gasteiger partial charge in [0.2, 0.25) is 15.9 Å². The van der Waals surface area contributed by atoms with Crippen molar-refractivity contribution in [1.82, 2.24) is 21.1 Å². The van der Waals surface area contributed by atoms with Gasteiger partial charge in [-0.2, -0.15) is 0 Å². The Morgan fingerprint density at radius 2 is 2.18 bits per heavy atom. The van der Waals surface area contributed by atoms with Crippen LogP contribution in [0.15, 0.2) is 38.9 Å². The minimum atomic E-state index is -3.89. The molecule has 1 amide bonds. The SMILES string of the molecule is NS(=O)(=O)CC(=O)NCCSc1nonc1C(=Nc1cccc(CF)c1)NO. The Labute approximate surface area is 163 Å². The number of thioether (sulfide) groups is 1. The lowest BCUT2D eigenvalue weighted by atomic mass is 10.2. The summed E-state index contributed by atoms with van der Waals surface area (Å²) in [6.45, 7) is -0.530. The van der Waals surface area contributed by atoms with E-state index in [0.29, 0.717) is 17.0 Å². The summed E-state index contributed by atoms with van der Waals surface area (Å²) in [5, 5.41) is 24.2. The molecule has 1 aromatic heterocycles. The number of hydroxylamine groups is 1. The highest BCUT2D eigenvalue weighted by Gasteiger charge is 2.17. The summed E-state index contributed by atoms with van der Waals surface area (Å²) in [5.74, 6) is -1.31. The van der Waals surface area contributed by atoms with Crippen LogP contribution in [-0.2, 0) is 21.5 Å². The second-order valence-electron chi connectivity index (χ2n) is 5.30. The first-order chi connectivity index (χ1) is 13.3. The van der Waals surface area contributed by atoms with Crippen molar-refractivity contribution in [3.05, 3.63) is 35.5 Å². The third-order valence-corrected chi connectivity index (χ3v) is 4.70. The maximum atomic E-state index is 12.8. The number of aliphatic imine (C=N–C) groups is 1. The number of carbonyl (C=O) groups is 1. The molecule has 0 saturated heterocycles. The Bertz CT molecular complexity index is 949. The molecule has 0 atom stereocenters. The normalized spacial score (nSPS) is 12.0. The van der Waals surface area contributed by atoms with Crippen LogP contribution in [-0.4, -0.2) is 53.7 Å². The molecule has 0 radical (unpaired) electrons. The average Bonchev–Trinajstić information content (AvgIpc) is 3.10. The second-order valence-corrected chi connectivity index (χ2v) is 8.00. The molecule has 152 valence electrons. The topological polar surface area (TPSA) is 173 Å². The van der Waals surface area contributed by atoms with Crippen LogP contribution < -0.4 is 15.9 Å². The first-order valence-electron chi connectivity index (χ1n) is 7.69. The van der Waals surface area contributed by atoms with Crippen molar-refractivity contribution in [2.75, 3.05) is 18.1 Å². The van der Waals surface area contributed by atoms with E-state index in [1.165, 1.54) is 6.07 Å². The maximum absolute atomic E-state index is 12.8. The largest absolute Gasteiger partial charge is 0.354 e. The number of carbonyl (C=O) groups excluding carboxylic acids is 1. The number of hydrogen-bond donors (Lipinski definition) is 4. The third-order valence-electron chi connectivity index (χ3n) is 3.09. The number of alkyl halides is 1. The van der Waals surface area contributed by atoms with Crippen molar-refractivity contribution in [2.24, 2.45) is 10.1 Å². The van der Waals surface area contributed by atoms with Crippen LogP contribution in [0.3, 0.4) is 0 Å². The first-order valence-corrected chi connectivity index (χ1v) is 10.4. The zero-order valence-corrected chi connectivity index (χ0v) is 16.0. The lowest BCUT2D eigenvalue weighted by Crippen LogP contribution is -2.34. The number of amidine groups is 1. The molecule has 11 nitrogen and oxygen atoms in total. The van der Waals surface area contributed by atoms with Gasteiger partial charge in [0.05, 0.1) is 5.69 Å². The van der Waals surface area contributed by atoms with Crippen molar-refractivity contribution in [3.8, 4) is 0 Å². The Hall–Kier alpha value is -2.55. The molecule has 0 aliphatic rings. The molecule has 0 aliphatic carbocycles. The van der Waals surface area contributed by atoms with Gasteiger partial charge in [0, 0.05) is 12.3 Å². The van der Waals surface area contributed by atoms with E-state index < -0.39 is 28.4 Å². The second kappa shape index (κ2) is 10.1. The monoisotopic (exact) mass is 432 g/mol. The molecule has 28 heavy (non-hydrogen) atoms. The van der Waals surface area contributed by atoms with Gasteiger partial charge >= 0.3 is 0 Å². The number of rotatable bonds is 9. The van der Waals surface area contributed by atoms with E-state index >= 15 is 0 Å². The van der Waals surface area contributed by atoms with E-state index in [1.807, 2.05) is 5.48 Å². The highest BCUT2D eigenvalue weighted by Crippen LogP contribution is 2.21. The lowest BCUT2D eigenvalue weighted by Gasteiger charge is -2.05. The Kier molecular flexibility index (Phi) is 7.86. The predicted molar refractivity (Wildman–Crippen MR) is 98.4 cm³/mol. The van der Waals surface area contributed by atoms with Crippen molar-refractivity contribution in [1.29, 1.82) is 0 Å². The van der Waals surface area contributed by atoms with E-state index in [9.17, 15) is 22.8 Å². The van der Waals surface area contributed by atoms with Gasteiger partial charge in [0.1, 0.15) is 12.4 Å². The van der Waals surface area contributed by atoms with Crippen LogP contribution in [0.5, 0.6) is 0 Å². The minimum Gasteiger partial charge on any atom is -0.354 e. The quantitative estimate of drug-likeness (QED) is 0.141. The molecule has 1 heterocycles. The number of nitrogens with one attached hydrogen (secondary N) is 2. The number of benzene rings is 1. The summed E-state index contributed by atoms with van der Waals surface area (Å²) in [4.78, 5) is 15.5. The number of nitrogens with two attached hydrogens (primary N) is 1. The number of sulfonamides is 1. The molecule has 14 heteroatoms. The minimum absolute atomic E-state index is 0.0713. The van der Waals surface area contributed by atoms with E-state index in [-0.39, 0.29) is 23.1 Å². The molecular formula is C14H17FN6O5S2. The fourth-order valence-electron chi connectivity index (χ4n) is 1.96. The zero-order valence-electron chi connectivity index (χ0n) is 14.3.